The predicted octanol–water partition coefficient (Wildman–Crippen LogP) is 2.46. The minimum atomic E-state index is -0.452. The van der Waals surface area contributed by atoms with Gasteiger partial charge in [-0.2, -0.15) is 0 Å². The van der Waals surface area contributed by atoms with Gasteiger partial charge in [-0.1, -0.05) is 12.1 Å². The largest absolute Gasteiger partial charge is 0.326 e. The van der Waals surface area contributed by atoms with Gasteiger partial charge in [-0.15, -0.1) is 0 Å². The van der Waals surface area contributed by atoms with Crippen LogP contribution in [0.15, 0.2) is 39.9 Å². The highest BCUT2D eigenvalue weighted by Gasteiger charge is 2.14. The molecule has 0 unspecified atom stereocenters. The summed E-state index contributed by atoms with van der Waals surface area (Å²) < 4.78 is 2.05. The molecule has 0 aliphatic heterocycles. The van der Waals surface area contributed by atoms with E-state index in [0.29, 0.717) is 10.2 Å². The van der Waals surface area contributed by atoms with E-state index in [-0.39, 0.29) is 17.4 Å². The average Bonchev–Trinajstić information content (AvgIpc) is 2.67. The molecule has 0 saturated carbocycles. The molecular weight excluding hydrogens is 302 g/mol. The molecule has 6 nitrogen and oxygen atoms in total. The average molecular weight is 312 g/mol. The fraction of sp³-hybridized carbons (Fsp3) is 0.182. The molecule has 0 amide bonds. The number of hydrogen-bond acceptors (Lipinski definition) is 3. The van der Waals surface area contributed by atoms with Crippen LogP contribution in [0.1, 0.15) is 18.5 Å². The number of H-pyrrole nitrogens is 1. The van der Waals surface area contributed by atoms with Crippen molar-refractivity contribution < 1.29 is 4.92 Å². The normalized spacial score (nSPS) is 12.3. The number of aromatic nitrogens is 2. The topological polar surface area (TPSA) is 80.9 Å². The molecule has 94 valence electrons. The first kappa shape index (κ1) is 12.6. The summed E-state index contributed by atoms with van der Waals surface area (Å²) in [4.78, 5) is 24.5. The zero-order valence-corrected chi connectivity index (χ0v) is 11.0. The fourth-order valence-electron chi connectivity index (χ4n) is 1.73. The highest BCUT2D eigenvalue weighted by molar-refractivity contribution is 9.10. The Bertz CT molecular complexity index is 647. The second-order valence-corrected chi connectivity index (χ2v) is 4.70. The molecule has 2 rings (SSSR count). The Labute approximate surface area is 111 Å². The quantitative estimate of drug-likeness (QED) is 0.698. The second kappa shape index (κ2) is 4.77. The van der Waals surface area contributed by atoms with E-state index in [4.69, 9.17) is 0 Å². The van der Waals surface area contributed by atoms with Crippen molar-refractivity contribution in [2.24, 2.45) is 0 Å². The molecule has 1 aromatic heterocycles. The SMILES string of the molecule is C[C@H](c1cccc([N+](=O)[O-])c1)n1cc(Br)[nH]c1=O. The van der Waals surface area contributed by atoms with Crippen molar-refractivity contribution >= 4 is 21.6 Å². The highest BCUT2D eigenvalue weighted by Crippen LogP contribution is 2.21. The van der Waals surface area contributed by atoms with Crippen LogP contribution in [0, 0.1) is 10.1 Å². The van der Waals surface area contributed by atoms with E-state index in [9.17, 15) is 14.9 Å². The number of nitro groups is 1. The van der Waals surface area contributed by atoms with Gasteiger partial charge in [-0.05, 0) is 28.4 Å². The van der Waals surface area contributed by atoms with Crippen LogP contribution < -0.4 is 5.69 Å². The van der Waals surface area contributed by atoms with Crippen molar-refractivity contribution in [2.75, 3.05) is 0 Å². The number of nitrogens with one attached hydrogen (secondary N) is 1. The Morgan fingerprint density at radius 2 is 2.22 bits per heavy atom. The number of nitro benzene ring substituents is 1. The molecular formula is C11H10BrN3O3. The van der Waals surface area contributed by atoms with Gasteiger partial charge < -0.3 is 4.98 Å². The summed E-state index contributed by atoms with van der Waals surface area (Å²) in [5, 5.41) is 10.7. The summed E-state index contributed by atoms with van der Waals surface area (Å²) in [7, 11) is 0. The number of imidazole rings is 1. The summed E-state index contributed by atoms with van der Waals surface area (Å²) in [6, 6.07) is 5.98. The van der Waals surface area contributed by atoms with E-state index >= 15 is 0 Å². The van der Waals surface area contributed by atoms with Gasteiger partial charge in [0.2, 0.25) is 0 Å². The van der Waals surface area contributed by atoms with Crippen LogP contribution in [0.3, 0.4) is 0 Å². The molecule has 1 atom stereocenters. The molecule has 1 N–H and O–H groups in total. The van der Waals surface area contributed by atoms with Crippen molar-refractivity contribution in [3.63, 3.8) is 0 Å². The van der Waals surface area contributed by atoms with E-state index in [1.165, 1.54) is 16.7 Å². The maximum Gasteiger partial charge on any atom is 0.326 e. The molecule has 0 fully saturated rings. The van der Waals surface area contributed by atoms with Gasteiger partial charge in [0.25, 0.3) is 5.69 Å². The molecule has 18 heavy (non-hydrogen) atoms. The molecule has 1 heterocycles. The molecule has 0 radical (unpaired) electrons. The van der Waals surface area contributed by atoms with Gasteiger partial charge in [0.1, 0.15) is 4.60 Å². The van der Waals surface area contributed by atoms with Crippen molar-refractivity contribution in [1.29, 1.82) is 0 Å². The molecule has 0 bridgehead atoms. The lowest BCUT2D eigenvalue weighted by atomic mass is 10.1. The Morgan fingerprint density at radius 1 is 1.50 bits per heavy atom. The summed E-state index contributed by atoms with van der Waals surface area (Å²) in [6.07, 6.45) is 1.62. The van der Waals surface area contributed by atoms with Gasteiger partial charge in [-0.25, -0.2) is 4.79 Å². The molecule has 7 heteroatoms. The highest BCUT2D eigenvalue weighted by atomic mass is 79.9. The number of nitrogens with zero attached hydrogens (tertiary/aromatic N) is 2. The number of halogens is 1. The van der Waals surface area contributed by atoms with Crippen molar-refractivity contribution in [3.05, 3.63) is 61.2 Å². The zero-order valence-electron chi connectivity index (χ0n) is 9.46. The van der Waals surface area contributed by atoms with Crippen LogP contribution in [-0.4, -0.2) is 14.5 Å². The number of hydrogen-bond donors (Lipinski definition) is 1. The third-order valence-electron chi connectivity index (χ3n) is 2.69. The monoisotopic (exact) mass is 311 g/mol. The molecule has 0 spiro atoms. The Hall–Kier alpha value is -1.89. The molecule has 0 aliphatic carbocycles. The Balaban J connectivity index is 2.43. The molecule has 1 aromatic carbocycles. The molecule has 2 aromatic rings. The van der Waals surface area contributed by atoms with Crippen LogP contribution in [0.2, 0.25) is 0 Å². The third kappa shape index (κ3) is 2.35. The van der Waals surface area contributed by atoms with Crippen LogP contribution >= 0.6 is 15.9 Å². The standard InChI is InChI=1S/C11H10BrN3O3/c1-7(14-6-10(12)13-11(14)16)8-3-2-4-9(5-8)15(17)18/h2-7H,1H3,(H,13,16)/t7-/m1/s1. The van der Waals surface area contributed by atoms with E-state index in [1.807, 2.05) is 0 Å². The number of benzene rings is 1. The van der Waals surface area contributed by atoms with Crippen molar-refractivity contribution in [3.8, 4) is 0 Å². The third-order valence-corrected chi connectivity index (χ3v) is 3.10. The van der Waals surface area contributed by atoms with E-state index in [2.05, 4.69) is 20.9 Å². The van der Waals surface area contributed by atoms with E-state index < -0.39 is 4.92 Å². The maximum atomic E-state index is 11.6. The summed E-state index contributed by atoms with van der Waals surface area (Å²) in [5.74, 6) is 0. The van der Waals surface area contributed by atoms with Crippen molar-refractivity contribution in [1.82, 2.24) is 9.55 Å². The minimum Gasteiger partial charge on any atom is -0.300 e. The van der Waals surface area contributed by atoms with E-state index in [0.717, 1.165) is 0 Å². The number of aromatic amines is 1. The summed E-state index contributed by atoms with van der Waals surface area (Å²) in [6.45, 7) is 1.81. The van der Waals surface area contributed by atoms with Gasteiger partial charge in [0.05, 0.1) is 11.0 Å². The van der Waals surface area contributed by atoms with Gasteiger partial charge in [0, 0.05) is 18.3 Å². The second-order valence-electron chi connectivity index (χ2n) is 3.84. The van der Waals surface area contributed by atoms with Crippen LogP contribution in [0.5, 0.6) is 0 Å². The van der Waals surface area contributed by atoms with Crippen LogP contribution in [0.4, 0.5) is 5.69 Å². The fourth-order valence-corrected chi connectivity index (χ4v) is 2.12. The number of rotatable bonds is 3. The maximum absolute atomic E-state index is 11.6. The Kier molecular flexibility index (Phi) is 3.33. The zero-order chi connectivity index (χ0) is 13.3. The first-order valence-corrected chi connectivity index (χ1v) is 5.99. The van der Waals surface area contributed by atoms with Gasteiger partial charge in [-0.3, -0.25) is 14.7 Å². The van der Waals surface area contributed by atoms with Crippen LogP contribution in [-0.2, 0) is 0 Å². The summed E-state index contributed by atoms with van der Waals surface area (Å²) >= 11 is 3.18. The molecule has 0 saturated heterocycles. The van der Waals surface area contributed by atoms with E-state index in [1.54, 1.807) is 25.3 Å². The molecule has 0 aliphatic rings. The first-order valence-electron chi connectivity index (χ1n) is 5.20. The lowest BCUT2D eigenvalue weighted by molar-refractivity contribution is -0.384. The first-order chi connectivity index (χ1) is 8.49. The summed E-state index contributed by atoms with van der Waals surface area (Å²) in [5.41, 5.74) is 0.459. The lowest BCUT2D eigenvalue weighted by Crippen LogP contribution is -2.20. The Morgan fingerprint density at radius 3 is 2.78 bits per heavy atom. The van der Waals surface area contributed by atoms with Crippen LogP contribution in [0.25, 0.3) is 0 Å². The van der Waals surface area contributed by atoms with Crippen molar-refractivity contribution in [2.45, 2.75) is 13.0 Å². The lowest BCUT2D eigenvalue weighted by Gasteiger charge is -2.12. The number of non-ortho nitro benzene ring substituents is 1. The van der Waals surface area contributed by atoms with Gasteiger partial charge in [0.15, 0.2) is 0 Å². The van der Waals surface area contributed by atoms with Gasteiger partial charge >= 0.3 is 5.69 Å². The predicted molar refractivity (Wildman–Crippen MR) is 69.7 cm³/mol. The minimum absolute atomic E-state index is 0.0157. The smallest absolute Gasteiger partial charge is 0.300 e.